The minimum absolute atomic E-state index is 0.213. The van der Waals surface area contributed by atoms with E-state index in [9.17, 15) is 5.11 Å². The van der Waals surface area contributed by atoms with Gasteiger partial charge in [0.05, 0.1) is 6.10 Å². The van der Waals surface area contributed by atoms with Crippen LogP contribution in [-0.2, 0) is 0 Å². The van der Waals surface area contributed by atoms with Crippen LogP contribution in [0.15, 0.2) is 24.5 Å². The zero-order valence-corrected chi connectivity index (χ0v) is 12.6. The van der Waals surface area contributed by atoms with Crippen LogP contribution in [0.2, 0.25) is 0 Å². The van der Waals surface area contributed by atoms with Crippen molar-refractivity contribution in [1.29, 1.82) is 0 Å². The number of hydrogen-bond acceptors (Lipinski definition) is 4. The summed E-state index contributed by atoms with van der Waals surface area (Å²) >= 11 is 0. The zero-order chi connectivity index (χ0) is 14.4. The molecule has 112 valence electrons. The average molecular weight is 277 g/mol. The van der Waals surface area contributed by atoms with Gasteiger partial charge in [-0.15, -0.1) is 0 Å². The van der Waals surface area contributed by atoms with Gasteiger partial charge in [-0.25, -0.2) is 0 Å². The van der Waals surface area contributed by atoms with Gasteiger partial charge in [0.2, 0.25) is 0 Å². The van der Waals surface area contributed by atoms with Crippen LogP contribution in [0.1, 0.15) is 38.3 Å². The van der Waals surface area contributed by atoms with Crippen LogP contribution in [0.25, 0.3) is 0 Å². The molecule has 4 heteroatoms. The van der Waals surface area contributed by atoms with Crippen LogP contribution in [0, 0.1) is 5.92 Å². The number of β-amino-alcohol motifs (C(OH)–C–C–N with tert-alkyl or cyclic N) is 1. The number of aliphatic hydroxyl groups excluding tert-OH is 1. The molecule has 0 unspecified atom stereocenters. The Morgan fingerprint density at radius 1 is 1.40 bits per heavy atom. The highest BCUT2D eigenvalue weighted by molar-refractivity contribution is 5.12. The van der Waals surface area contributed by atoms with E-state index in [4.69, 9.17) is 0 Å². The predicted molar refractivity (Wildman–Crippen MR) is 81.5 cm³/mol. The molecule has 2 atom stereocenters. The molecule has 0 radical (unpaired) electrons. The smallest absolute Gasteiger partial charge is 0.0639 e. The molecule has 0 aromatic carbocycles. The summed E-state index contributed by atoms with van der Waals surface area (Å²) in [5, 5.41) is 13.0. The van der Waals surface area contributed by atoms with Crippen LogP contribution in [-0.4, -0.2) is 47.3 Å². The first kappa shape index (κ1) is 15.4. The van der Waals surface area contributed by atoms with Crippen molar-refractivity contribution in [2.75, 3.05) is 26.2 Å². The molecule has 1 aliphatic heterocycles. The first-order valence-electron chi connectivity index (χ1n) is 7.69. The fourth-order valence-electron chi connectivity index (χ4n) is 2.84. The maximum absolute atomic E-state index is 9.41. The minimum atomic E-state index is -0.213. The molecule has 0 saturated carbocycles. The summed E-state index contributed by atoms with van der Waals surface area (Å²) in [6.45, 7) is 8.16. The van der Waals surface area contributed by atoms with Crippen LogP contribution in [0.5, 0.6) is 0 Å². The van der Waals surface area contributed by atoms with Crippen LogP contribution < -0.4 is 5.32 Å². The quantitative estimate of drug-likeness (QED) is 0.833. The number of pyridine rings is 1. The van der Waals surface area contributed by atoms with Gasteiger partial charge in [0.15, 0.2) is 0 Å². The highest BCUT2D eigenvalue weighted by Crippen LogP contribution is 2.18. The summed E-state index contributed by atoms with van der Waals surface area (Å²) in [5.41, 5.74) is 1.25. The molecular weight excluding hydrogens is 250 g/mol. The van der Waals surface area contributed by atoms with Gasteiger partial charge < -0.3 is 15.3 Å². The maximum Gasteiger partial charge on any atom is 0.0639 e. The molecule has 0 amide bonds. The lowest BCUT2D eigenvalue weighted by atomic mass is 9.96. The number of nitrogens with one attached hydrogen (secondary N) is 1. The van der Waals surface area contributed by atoms with Crippen LogP contribution >= 0.6 is 0 Å². The van der Waals surface area contributed by atoms with Crippen molar-refractivity contribution in [3.8, 4) is 0 Å². The third kappa shape index (κ3) is 4.85. The van der Waals surface area contributed by atoms with Crippen LogP contribution in [0.4, 0.5) is 0 Å². The van der Waals surface area contributed by atoms with E-state index in [0.29, 0.717) is 6.04 Å². The number of nitrogens with zero attached hydrogens (tertiary/aromatic N) is 2. The molecular formula is C16H27N3O. The van der Waals surface area contributed by atoms with E-state index in [1.54, 1.807) is 0 Å². The van der Waals surface area contributed by atoms with E-state index in [1.807, 2.05) is 25.4 Å². The van der Waals surface area contributed by atoms with E-state index in [1.165, 1.54) is 18.4 Å². The van der Waals surface area contributed by atoms with Crippen molar-refractivity contribution < 1.29 is 5.11 Å². The summed E-state index contributed by atoms with van der Waals surface area (Å²) < 4.78 is 0. The molecule has 0 spiro atoms. The molecule has 1 saturated heterocycles. The van der Waals surface area contributed by atoms with Gasteiger partial charge in [-0.05, 0) is 63.9 Å². The number of likely N-dealkylation sites (tertiary alicyclic amines) is 1. The molecule has 2 rings (SSSR count). The van der Waals surface area contributed by atoms with Gasteiger partial charge in [0.25, 0.3) is 0 Å². The van der Waals surface area contributed by atoms with E-state index in [-0.39, 0.29) is 6.10 Å². The third-order valence-corrected chi connectivity index (χ3v) is 4.13. The summed E-state index contributed by atoms with van der Waals surface area (Å²) in [5.74, 6) is 0.749. The van der Waals surface area contributed by atoms with Gasteiger partial charge in [-0.1, -0.05) is 6.07 Å². The number of aliphatic hydroxyl groups is 1. The second-order valence-corrected chi connectivity index (χ2v) is 6.01. The average Bonchev–Trinajstić information content (AvgIpc) is 2.46. The number of rotatable bonds is 6. The summed E-state index contributed by atoms with van der Waals surface area (Å²) in [4.78, 5) is 6.53. The van der Waals surface area contributed by atoms with Gasteiger partial charge in [0, 0.05) is 25.0 Å². The first-order chi connectivity index (χ1) is 9.65. The largest absolute Gasteiger partial charge is 0.392 e. The van der Waals surface area contributed by atoms with Gasteiger partial charge in [0.1, 0.15) is 0 Å². The number of aromatic nitrogens is 1. The Hall–Kier alpha value is -0.970. The Balaban J connectivity index is 1.68. The Bertz CT molecular complexity index is 375. The normalized spacial score (nSPS) is 20.8. The second kappa shape index (κ2) is 7.72. The Morgan fingerprint density at radius 3 is 2.75 bits per heavy atom. The molecule has 20 heavy (non-hydrogen) atoms. The molecule has 4 nitrogen and oxygen atoms in total. The SMILES string of the molecule is C[C@H](NCC1CCN(C[C@@H](C)O)CC1)c1cccnc1. The van der Waals surface area contributed by atoms with Crippen molar-refractivity contribution in [3.05, 3.63) is 30.1 Å². The topological polar surface area (TPSA) is 48.4 Å². The molecule has 2 heterocycles. The van der Waals surface area contributed by atoms with E-state index < -0.39 is 0 Å². The fraction of sp³-hybridized carbons (Fsp3) is 0.688. The Labute approximate surface area is 122 Å². The lowest BCUT2D eigenvalue weighted by Crippen LogP contribution is -2.40. The molecule has 1 aromatic rings. The Morgan fingerprint density at radius 2 is 2.15 bits per heavy atom. The first-order valence-corrected chi connectivity index (χ1v) is 7.69. The van der Waals surface area contributed by atoms with Crippen molar-refractivity contribution in [2.24, 2.45) is 5.92 Å². The molecule has 0 aliphatic carbocycles. The third-order valence-electron chi connectivity index (χ3n) is 4.13. The second-order valence-electron chi connectivity index (χ2n) is 6.01. The predicted octanol–water partition coefficient (Wildman–Crippen LogP) is 1.82. The summed E-state index contributed by atoms with van der Waals surface area (Å²) in [6.07, 6.45) is 5.98. The summed E-state index contributed by atoms with van der Waals surface area (Å²) in [6, 6.07) is 4.47. The van der Waals surface area contributed by atoms with Gasteiger partial charge in [-0.3, -0.25) is 4.98 Å². The molecule has 1 aromatic heterocycles. The minimum Gasteiger partial charge on any atom is -0.392 e. The van der Waals surface area contributed by atoms with E-state index in [0.717, 1.165) is 32.1 Å². The lowest BCUT2D eigenvalue weighted by molar-refractivity contribution is 0.0994. The molecule has 1 fully saturated rings. The van der Waals surface area contributed by atoms with Gasteiger partial charge >= 0.3 is 0 Å². The molecule has 1 aliphatic rings. The molecule has 0 bridgehead atoms. The standard InChI is InChI=1S/C16H27N3O/c1-13(20)12-19-8-5-15(6-9-19)10-18-14(2)16-4-3-7-17-11-16/h3-4,7,11,13-15,18,20H,5-6,8-10,12H2,1-2H3/t13-,14+/m1/s1. The monoisotopic (exact) mass is 277 g/mol. The highest BCUT2D eigenvalue weighted by atomic mass is 16.3. The van der Waals surface area contributed by atoms with Gasteiger partial charge in [-0.2, -0.15) is 0 Å². The highest BCUT2D eigenvalue weighted by Gasteiger charge is 2.20. The number of piperidine rings is 1. The maximum atomic E-state index is 9.41. The van der Waals surface area contributed by atoms with Crippen molar-refractivity contribution >= 4 is 0 Å². The lowest BCUT2D eigenvalue weighted by Gasteiger charge is -2.33. The molecule has 2 N–H and O–H groups in total. The number of hydrogen-bond donors (Lipinski definition) is 2. The zero-order valence-electron chi connectivity index (χ0n) is 12.6. The van der Waals surface area contributed by atoms with E-state index >= 15 is 0 Å². The van der Waals surface area contributed by atoms with Crippen LogP contribution in [0.3, 0.4) is 0 Å². The van der Waals surface area contributed by atoms with E-state index in [2.05, 4.69) is 28.2 Å². The van der Waals surface area contributed by atoms with Crippen molar-refractivity contribution in [1.82, 2.24) is 15.2 Å². The fourth-order valence-corrected chi connectivity index (χ4v) is 2.84. The van der Waals surface area contributed by atoms with Crippen molar-refractivity contribution in [2.45, 2.75) is 38.8 Å². The summed E-state index contributed by atoms with van der Waals surface area (Å²) in [7, 11) is 0. The Kier molecular flexibility index (Phi) is 5.95. The van der Waals surface area contributed by atoms with Crippen molar-refractivity contribution in [3.63, 3.8) is 0 Å².